The minimum absolute atomic E-state index is 0.155. The average Bonchev–Trinajstić information content (AvgIpc) is 2.32. The lowest BCUT2D eigenvalue weighted by Gasteiger charge is -2.21. The summed E-state index contributed by atoms with van der Waals surface area (Å²) in [6, 6.07) is 8.91. The van der Waals surface area contributed by atoms with E-state index in [1.807, 2.05) is 11.8 Å². The molecule has 0 radical (unpaired) electrons. The van der Waals surface area contributed by atoms with E-state index in [9.17, 15) is 0 Å². The molecule has 0 amide bonds. The molecule has 112 valence electrons. The maximum absolute atomic E-state index is 4.15. The van der Waals surface area contributed by atoms with E-state index >= 15 is 0 Å². The van der Waals surface area contributed by atoms with E-state index in [-0.39, 0.29) is 11.0 Å². The van der Waals surface area contributed by atoms with Crippen LogP contribution in [-0.2, 0) is 5.41 Å². The molecule has 0 saturated carbocycles. The third kappa shape index (κ3) is 6.62. The summed E-state index contributed by atoms with van der Waals surface area (Å²) in [5, 5.41) is 3.47. The molecule has 1 rings (SSSR count). The molecule has 0 atom stereocenters. The fraction of sp³-hybridized carbons (Fsp3) is 0.556. The first-order chi connectivity index (χ1) is 9.08. The van der Waals surface area contributed by atoms with Gasteiger partial charge in [-0.3, -0.25) is 0 Å². The standard InChI is InChI=1S/C18H29NS/c1-14(12-19-18(5,6)7)13-20-16-10-8-15(9-11-16)17(2,3)4/h8-11,19H,1,12-13H2,2-7H3. The molecule has 1 aromatic rings. The average molecular weight is 292 g/mol. The number of rotatable bonds is 5. The van der Waals surface area contributed by atoms with Gasteiger partial charge in [-0.1, -0.05) is 45.1 Å². The highest BCUT2D eigenvalue weighted by molar-refractivity contribution is 7.99. The molecule has 0 fully saturated rings. The van der Waals surface area contributed by atoms with Crippen molar-refractivity contribution in [3.63, 3.8) is 0 Å². The van der Waals surface area contributed by atoms with E-state index in [4.69, 9.17) is 0 Å². The normalized spacial score (nSPS) is 12.5. The van der Waals surface area contributed by atoms with E-state index in [0.29, 0.717) is 0 Å². The van der Waals surface area contributed by atoms with E-state index in [1.165, 1.54) is 16.0 Å². The molecule has 2 heteroatoms. The Kier molecular flexibility index (Phi) is 5.91. The lowest BCUT2D eigenvalue weighted by molar-refractivity contribution is 0.445. The summed E-state index contributed by atoms with van der Waals surface area (Å²) in [7, 11) is 0. The van der Waals surface area contributed by atoms with Crippen molar-refractivity contribution in [2.75, 3.05) is 12.3 Å². The highest BCUT2D eigenvalue weighted by Gasteiger charge is 2.13. The van der Waals surface area contributed by atoms with Crippen LogP contribution in [0.5, 0.6) is 0 Å². The van der Waals surface area contributed by atoms with E-state index in [1.54, 1.807) is 0 Å². The fourth-order valence-corrected chi connectivity index (χ4v) is 2.48. The maximum Gasteiger partial charge on any atom is 0.0200 e. The van der Waals surface area contributed by atoms with Crippen LogP contribution >= 0.6 is 11.8 Å². The molecular weight excluding hydrogens is 262 g/mol. The molecule has 0 aliphatic rings. The van der Waals surface area contributed by atoms with Crippen molar-refractivity contribution in [3.8, 4) is 0 Å². The molecule has 1 nitrogen and oxygen atoms in total. The van der Waals surface area contributed by atoms with Gasteiger partial charge in [0.2, 0.25) is 0 Å². The van der Waals surface area contributed by atoms with Crippen molar-refractivity contribution in [2.24, 2.45) is 0 Å². The van der Waals surface area contributed by atoms with Gasteiger partial charge in [-0.15, -0.1) is 11.8 Å². The van der Waals surface area contributed by atoms with Gasteiger partial charge in [0.15, 0.2) is 0 Å². The van der Waals surface area contributed by atoms with Gasteiger partial charge in [0.1, 0.15) is 0 Å². The van der Waals surface area contributed by atoms with Gasteiger partial charge in [-0.25, -0.2) is 0 Å². The Morgan fingerprint density at radius 1 is 1.05 bits per heavy atom. The zero-order chi connectivity index (χ0) is 15.4. The first kappa shape index (κ1) is 17.3. The second-order valence-corrected chi connectivity index (χ2v) is 8.47. The smallest absolute Gasteiger partial charge is 0.0200 e. The van der Waals surface area contributed by atoms with Gasteiger partial charge < -0.3 is 5.32 Å². The Morgan fingerprint density at radius 3 is 2.05 bits per heavy atom. The summed E-state index contributed by atoms with van der Waals surface area (Å²) in [6.45, 7) is 18.3. The number of thioether (sulfide) groups is 1. The molecule has 0 unspecified atom stereocenters. The third-order valence-corrected chi connectivity index (χ3v) is 4.19. The molecule has 0 spiro atoms. The van der Waals surface area contributed by atoms with Crippen LogP contribution in [-0.4, -0.2) is 17.8 Å². The highest BCUT2D eigenvalue weighted by atomic mass is 32.2. The Hall–Kier alpha value is -0.730. The zero-order valence-electron chi connectivity index (χ0n) is 13.8. The molecule has 0 bridgehead atoms. The van der Waals surface area contributed by atoms with Gasteiger partial charge in [-0.2, -0.15) is 0 Å². The van der Waals surface area contributed by atoms with Crippen LogP contribution in [0.4, 0.5) is 0 Å². The van der Waals surface area contributed by atoms with Gasteiger partial charge in [0, 0.05) is 22.7 Å². The lowest BCUT2D eigenvalue weighted by Crippen LogP contribution is -2.37. The molecule has 0 heterocycles. The molecule has 0 saturated heterocycles. The summed E-state index contributed by atoms with van der Waals surface area (Å²) in [4.78, 5) is 1.31. The van der Waals surface area contributed by atoms with Crippen LogP contribution in [0.1, 0.15) is 47.1 Å². The van der Waals surface area contributed by atoms with Crippen LogP contribution in [0.25, 0.3) is 0 Å². The minimum atomic E-state index is 0.155. The van der Waals surface area contributed by atoms with Crippen molar-refractivity contribution in [1.82, 2.24) is 5.32 Å². The summed E-state index contributed by atoms with van der Waals surface area (Å²) in [5.74, 6) is 0.970. The molecule has 0 aromatic heterocycles. The molecule has 0 aliphatic carbocycles. The SMILES string of the molecule is C=C(CNC(C)(C)C)CSc1ccc(C(C)(C)C)cc1. The molecule has 0 aliphatic heterocycles. The largest absolute Gasteiger partial charge is 0.308 e. The molecular formula is C18H29NS. The van der Waals surface area contributed by atoms with Crippen LogP contribution < -0.4 is 5.32 Å². The van der Waals surface area contributed by atoms with Crippen molar-refractivity contribution in [3.05, 3.63) is 42.0 Å². The second kappa shape index (κ2) is 6.82. The van der Waals surface area contributed by atoms with Crippen molar-refractivity contribution in [1.29, 1.82) is 0 Å². The fourth-order valence-electron chi connectivity index (χ4n) is 1.68. The molecule has 1 aromatic carbocycles. The first-order valence-electron chi connectivity index (χ1n) is 7.23. The van der Waals surface area contributed by atoms with Crippen LogP contribution in [0, 0.1) is 0 Å². The van der Waals surface area contributed by atoms with Crippen molar-refractivity contribution < 1.29 is 0 Å². The summed E-state index contributed by atoms with van der Waals surface area (Å²) < 4.78 is 0. The van der Waals surface area contributed by atoms with E-state index in [0.717, 1.165) is 12.3 Å². The first-order valence-corrected chi connectivity index (χ1v) is 8.21. The Balaban J connectivity index is 2.44. The molecule has 1 N–H and O–H groups in total. The van der Waals surface area contributed by atoms with Crippen molar-refractivity contribution >= 4 is 11.8 Å². The Labute approximate surface area is 129 Å². The Morgan fingerprint density at radius 2 is 1.60 bits per heavy atom. The van der Waals surface area contributed by atoms with Crippen LogP contribution in [0.2, 0.25) is 0 Å². The number of nitrogens with one attached hydrogen (secondary N) is 1. The van der Waals surface area contributed by atoms with Gasteiger partial charge in [0.25, 0.3) is 0 Å². The zero-order valence-corrected chi connectivity index (χ0v) is 14.7. The van der Waals surface area contributed by atoms with E-state index in [2.05, 4.69) is 77.7 Å². The highest BCUT2D eigenvalue weighted by Crippen LogP contribution is 2.26. The van der Waals surface area contributed by atoms with Crippen LogP contribution in [0.3, 0.4) is 0 Å². The predicted octanol–water partition coefficient (Wildman–Crippen LogP) is 5.02. The maximum atomic E-state index is 4.15. The number of hydrogen-bond acceptors (Lipinski definition) is 2. The van der Waals surface area contributed by atoms with Gasteiger partial charge in [0.05, 0.1) is 0 Å². The van der Waals surface area contributed by atoms with Gasteiger partial charge in [-0.05, 0) is 43.9 Å². The molecule has 20 heavy (non-hydrogen) atoms. The van der Waals surface area contributed by atoms with Crippen LogP contribution in [0.15, 0.2) is 41.3 Å². The lowest BCUT2D eigenvalue weighted by atomic mass is 9.87. The second-order valence-electron chi connectivity index (χ2n) is 7.42. The van der Waals surface area contributed by atoms with Gasteiger partial charge >= 0.3 is 0 Å². The monoisotopic (exact) mass is 291 g/mol. The van der Waals surface area contributed by atoms with E-state index < -0.39 is 0 Å². The van der Waals surface area contributed by atoms with Crippen molar-refractivity contribution in [2.45, 2.75) is 57.4 Å². The number of benzene rings is 1. The quantitative estimate of drug-likeness (QED) is 0.604. The topological polar surface area (TPSA) is 12.0 Å². The summed E-state index contributed by atoms with van der Waals surface area (Å²) in [5.41, 5.74) is 3.01. The summed E-state index contributed by atoms with van der Waals surface area (Å²) >= 11 is 1.86. The minimum Gasteiger partial charge on any atom is -0.308 e. The predicted molar refractivity (Wildman–Crippen MR) is 92.8 cm³/mol. The number of hydrogen-bond donors (Lipinski definition) is 1. The third-order valence-electron chi connectivity index (χ3n) is 3.03. The Bertz CT molecular complexity index is 432. The summed E-state index contributed by atoms with van der Waals surface area (Å²) in [6.07, 6.45) is 0.